The van der Waals surface area contributed by atoms with Crippen LogP contribution in [0, 0.1) is 0 Å². The second-order valence-electron chi connectivity index (χ2n) is 5.45. The van der Waals surface area contributed by atoms with Gasteiger partial charge in [0.05, 0.1) is 28.8 Å². The number of alkyl halides is 1. The highest BCUT2D eigenvalue weighted by atomic mass is 35.5. The second kappa shape index (κ2) is 5.31. The monoisotopic (exact) mass is 333 g/mol. The van der Waals surface area contributed by atoms with E-state index in [2.05, 4.69) is 5.32 Å². The minimum absolute atomic E-state index is 0.0455. The smallest absolute Gasteiger partial charge is 0.227 e. The van der Waals surface area contributed by atoms with Crippen molar-refractivity contribution in [1.29, 1.82) is 0 Å². The van der Waals surface area contributed by atoms with Gasteiger partial charge in [-0.3, -0.25) is 4.79 Å². The fourth-order valence-electron chi connectivity index (χ4n) is 2.98. The van der Waals surface area contributed by atoms with Crippen LogP contribution in [0.25, 0.3) is 0 Å². The van der Waals surface area contributed by atoms with Crippen molar-refractivity contribution in [3.05, 3.63) is 21.9 Å². The maximum absolute atomic E-state index is 12.4. The van der Waals surface area contributed by atoms with Gasteiger partial charge in [-0.1, -0.05) is 0 Å². The van der Waals surface area contributed by atoms with Crippen LogP contribution in [-0.2, 0) is 21.1 Å². The number of fused-ring (bicyclic) bond motifs is 1. The summed E-state index contributed by atoms with van der Waals surface area (Å²) in [7, 11) is -3.12. The van der Waals surface area contributed by atoms with Crippen molar-refractivity contribution < 1.29 is 13.2 Å². The molecule has 1 amide bonds. The Kier molecular flexibility index (Phi) is 3.81. The van der Waals surface area contributed by atoms with Crippen LogP contribution >= 0.6 is 22.9 Å². The van der Waals surface area contributed by atoms with Gasteiger partial charge in [-0.2, -0.15) is 0 Å². The van der Waals surface area contributed by atoms with Crippen molar-refractivity contribution in [1.82, 2.24) is 5.32 Å². The van der Waals surface area contributed by atoms with Crippen LogP contribution in [0.15, 0.2) is 11.4 Å². The van der Waals surface area contributed by atoms with E-state index in [0.717, 1.165) is 24.8 Å². The molecule has 1 fully saturated rings. The molecule has 1 aliphatic heterocycles. The summed E-state index contributed by atoms with van der Waals surface area (Å²) in [5.74, 6) is -0.335. The first-order valence-corrected chi connectivity index (χ1v) is 9.81. The zero-order valence-electron chi connectivity index (χ0n) is 10.8. The maximum atomic E-state index is 12.4. The SMILES string of the molecule is O=C(NC1CS(=O)(=O)CC1Cl)C1CCCc2sccc21. The first-order chi connectivity index (χ1) is 9.46. The predicted octanol–water partition coefficient (Wildman–Crippen LogP) is 1.69. The number of aryl methyl sites for hydroxylation is 1. The normalized spacial score (nSPS) is 31.8. The molecule has 2 heterocycles. The molecule has 7 heteroatoms. The first kappa shape index (κ1) is 14.4. The van der Waals surface area contributed by atoms with Crippen LogP contribution < -0.4 is 5.32 Å². The Bertz CT molecular complexity index is 625. The number of rotatable bonds is 2. The lowest BCUT2D eigenvalue weighted by Gasteiger charge is -2.24. The Morgan fingerprint density at radius 2 is 2.20 bits per heavy atom. The van der Waals surface area contributed by atoms with Gasteiger partial charge in [-0.15, -0.1) is 22.9 Å². The van der Waals surface area contributed by atoms with Crippen molar-refractivity contribution in [3.8, 4) is 0 Å². The number of halogens is 1. The molecule has 1 saturated heterocycles. The van der Waals surface area contributed by atoms with Gasteiger partial charge in [-0.05, 0) is 36.3 Å². The van der Waals surface area contributed by atoms with Gasteiger partial charge in [0.2, 0.25) is 5.91 Å². The number of hydrogen-bond donors (Lipinski definition) is 1. The van der Waals surface area contributed by atoms with Crippen LogP contribution in [0.4, 0.5) is 0 Å². The molecule has 0 radical (unpaired) electrons. The fraction of sp³-hybridized carbons (Fsp3) is 0.615. The van der Waals surface area contributed by atoms with E-state index in [9.17, 15) is 13.2 Å². The molecule has 1 N–H and O–H groups in total. The van der Waals surface area contributed by atoms with Gasteiger partial charge < -0.3 is 5.32 Å². The van der Waals surface area contributed by atoms with Crippen LogP contribution in [0.3, 0.4) is 0 Å². The van der Waals surface area contributed by atoms with Gasteiger partial charge in [0.1, 0.15) is 0 Å². The predicted molar refractivity (Wildman–Crippen MR) is 80.2 cm³/mol. The summed E-state index contributed by atoms with van der Waals surface area (Å²) in [5, 5.41) is 4.33. The van der Waals surface area contributed by atoms with Crippen LogP contribution in [0.2, 0.25) is 0 Å². The Morgan fingerprint density at radius 3 is 2.90 bits per heavy atom. The van der Waals surface area contributed by atoms with Gasteiger partial charge in [0.25, 0.3) is 0 Å². The lowest BCUT2D eigenvalue weighted by molar-refractivity contribution is -0.123. The molecule has 4 nitrogen and oxygen atoms in total. The molecule has 3 rings (SSSR count). The summed E-state index contributed by atoms with van der Waals surface area (Å²) >= 11 is 7.72. The first-order valence-electron chi connectivity index (χ1n) is 6.67. The zero-order valence-corrected chi connectivity index (χ0v) is 13.2. The standard InChI is InChI=1S/C13H16ClNO3S2/c14-10-6-20(17,18)7-11(10)15-13(16)9-2-1-3-12-8(9)4-5-19-12/h4-5,9-11H,1-3,6-7H2,(H,15,16). The summed E-state index contributed by atoms with van der Waals surface area (Å²) in [6, 6.07) is 1.55. The van der Waals surface area contributed by atoms with E-state index in [0.29, 0.717) is 0 Å². The molecular formula is C13H16ClNO3S2. The molecule has 3 unspecified atom stereocenters. The van der Waals surface area contributed by atoms with Gasteiger partial charge in [0, 0.05) is 4.88 Å². The number of amides is 1. The highest BCUT2D eigenvalue weighted by molar-refractivity contribution is 7.91. The molecule has 0 saturated carbocycles. The molecule has 0 spiro atoms. The minimum Gasteiger partial charge on any atom is -0.350 e. The molecule has 1 aliphatic carbocycles. The molecule has 110 valence electrons. The maximum Gasteiger partial charge on any atom is 0.227 e. The third kappa shape index (κ3) is 2.73. The minimum atomic E-state index is -3.12. The Morgan fingerprint density at radius 1 is 1.40 bits per heavy atom. The highest BCUT2D eigenvalue weighted by Crippen LogP contribution is 2.35. The number of carbonyl (C=O) groups excluding carboxylic acids is 1. The molecule has 0 aromatic carbocycles. The van der Waals surface area contributed by atoms with Crippen LogP contribution in [0.1, 0.15) is 29.2 Å². The average Bonchev–Trinajstić information content (AvgIpc) is 2.93. The lowest BCUT2D eigenvalue weighted by Crippen LogP contribution is -2.43. The Balaban J connectivity index is 1.73. The van der Waals surface area contributed by atoms with Crippen molar-refractivity contribution in [3.63, 3.8) is 0 Å². The third-order valence-corrected chi connectivity index (χ3v) is 7.35. The van der Waals surface area contributed by atoms with E-state index in [1.807, 2.05) is 11.4 Å². The van der Waals surface area contributed by atoms with Crippen molar-refractivity contribution in [2.45, 2.75) is 36.6 Å². The number of nitrogens with one attached hydrogen (secondary N) is 1. The van der Waals surface area contributed by atoms with E-state index in [4.69, 9.17) is 11.6 Å². The molecule has 1 aromatic rings. The molecule has 0 bridgehead atoms. The summed E-state index contributed by atoms with van der Waals surface area (Å²) in [6.45, 7) is 0. The molecular weight excluding hydrogens is 318 g/mol. The average molecular weight is 334 g/mol. The van der Waals surface area contributed by atoms with E-state index in [1.165, 1.54) is 4.88 Å². The fourth-order valence-corrected chi connectivity index (χ4v) is 6.52. The van der Waals surface area contributed by atoms with E-state index < -0.39 is 21.3 Å². The molecule has 20 heavy (non-hydrogen) atoms. The summed E-state index contributed by atoms with van der Waals surface area (Å²) in [6.07, 6.45) is 2.85. The van der Waals surface area contributed by atoms with Gasteiger partial charge in [-0.25, -0.2) is 8.42 Å². The number of carbonyl (C=O) groups is 1. The topological polar surface area (TPSA) is 63.2 Å². The number of sulfone groups is 1. The lowest BCUT2D eigenvalue weighted by atomic mass is 9.87. The van der Waals surface area contributed by atoms with Gasteiger partial charge in [0.15, 0.2) is 9.84 Å². The quantitative estimate of drug-likeness (QED) is 0.838. The number of hydrogen-bond acceptors (Lipinski definition) is 4. The Labute approximate surface area is 127 Å². The Hall–Kier alpha value is -0.590. The zero-order chi connectivity index (χ0) is 14.3. The largest absolute Gasteiger partial charge is 0.350 e. The third-order valence-electron chi connectivity index (χ3n) is 3.98. The summed E-state index contributed by atoms with van der Waals surface area (Å²) < 4.78 is 23.1. The van der Waals surface area contributed by atoms with Crippen molar-refractivity contribution in [2.75, 3.05) is 11.5 Å². The summed E-state index contributed by atoms with van der Waals surface area (Å²) in [5.41, 5.74) is 1.10. The second-order valence-corrected chi connectivity index (χ2v) is 9.17. The van der Waals surface area contributed by atoms with Crippen molar-refractivity contribution in [2.24, 2.45) is 0 Å². The van der Waals surface area contributed by atoms with E-state index >= 15 is 0 Å². The molecule has 3 atom stereocenters. The molecule has 2 aliphatic rings. The van der Waals surface area contributed by atoms with E-state index in [1.54, 1.807) is 11.3 Å². The molecule has 1 aromatic heterocycles. The van der Waals surface area contributed by atoms with Crippen LogP contribution in [0.5, 0.6) is 0 Å². The van der Waals surface area contributed by atoms with E-state index in [-0.39, 0.29) is 23.3 Å². The summed E-state index contributed by atoms with van der Waals surface area (Å²) in [4.78, 5) is 13.7. The highest BCUT2D eigenvalue weighted by Gasteiger charge is 2.39. The van der Waals surface area contributed by atoms with Crippen molar-refractivity contribution >= 4 is 38.7 Å². The number of thiophene rings is 1. The van der Waals surface area contributed by atoms with Crippen LogP contribution in [-0.4, -0.2) is 37.2 Å². The van der Waals surface area contributed by atoms with Gasteiger partial charge >= 0.3 is 0 Å².